The predicted molar refractivity (Wildman–Crippen MR) is 167 cm³/mol. The first-order valence-corrected chi connectivity index (χ1v) is 15.4. The summed E-state index contributed by atoms with van der Waals surface area (Å²) < 4.78 is 17.5. The van der Waals surface area contributed by atoms with Crippen molar-refractivity contribution >= 4 is 35.2 Å². The van der Waals surface area contributed by atoms with Crippen molar-refractivity contribution in [2.45, 2.75) is 53.1 Å². The molecule has 4 rings (SSSR count). The zero-order chi connectivity index (χ0) is 31.1. The summed E-state index contributed by atoms with van der Waals surface area (Å²) in [5.41, 5.74) is 2.00. The molecule has 0 aromatic heterocycles. The first-order valence-electron chi connectivity index (χ1n) is 15.1. The molecule has 2 atom stereocenters. The number of ether oxygens (including phenoxy) is 3. The molecule has 2 heterocycles. The summed E-state index contributed by atoms with van der Waals surface area (Å²) in [6.07, 6.45) is 1.33. The molecule has 0 radical (unpaired) electrons. The molecule has 0 aliphatic carbocycles. The lowest BCUT2D eigenvalue weighted by molar-refractivity contribution is -0.149. The fourth-order valence-corrected chi connectivity index (χ4v) is 5.92. The minimum absolute atomic E-state index is 0.100. The fraction of sp³-hybridized carbons (Fsp3) is 0.545. The van der Waals surface area contributed by atoms with Gasteiger partial charge in [-0.25, -0.2) is 4.79 Å². The number of rotatable bonds is 5. The van der Waals surface area contributed by atoms with E-state index in [4.69, 9.17) is 25.8 Å². The third-order valence-electron chi connectivity index (χ3n) is 7.68. The number of urea groups is 1. The van der Waals surface area contributed by atoms with Crippen molar-refractivity contribution < 1.29 is 28.6 Å². The number of piperidine rings is 1. The molecule has 234 valence electrons. The lowest BCUT2D eigenvalue weighted by Crippen LogP contribution is -2.52. The van der Waals surface area contributed by atoms with Crippen LogP contribution in [0.2, 0.25) is 5.02 Å². The highest BCUT2D eigenvalue weighted by Gasteiger charge is 2.35. The number of likely N-dealkylation sites (tertiary alicyclic amines) is 1. The maximum atomic E-state index is 14.2. The number of esters is 1. The second-order valence-electron chi connectivity index (χ2n) is 12.3. The fourth-order valence-electron chi connectivity index (χ4n) is 5.74. The molecule has 0 spiro atoms. The first-order chi connectivity index (χ1) is 20.5. The number of carbonyl (C=O) groups excluding carboxylic acids is 3. The molecule has 0 N–H and O–H groups in total. The van der Waals surface area contributed by atoms with Crippen molar-refractivity contribution in [2.24, 2.45) is 11.3 Å². The van der Waals surface area contributed by atoms with Gasteiger partial charge in [-0.3, -0.25) is 9.59 Å². The number of anilines is 1. The third kappa shape index (κ3) is 8.21. The Morgan fingerprint density at radius 1 is 1.05 bits per heavy atom. The highest BCUT2D eigenvalue weighted by molar-refractivity contribution is 6.30. The van der Waals surface area contributed by atoms with Crippen molar-refractivity contribution in [3.05, 3.63) is 58.6 Å². The van der Waals surface area contributed by atoms with Crippen LogP contribution in [0.25, 0.3) is 0 Å². The summed E-state index contributed by atoms with van der Waals surface area (Å²) in [5, 5.41) is 0.526. The van der Waals surface area contributed by atoms with E-state index in [0.717, 1.165) is 11.1 Å². The SMILES string of the molecule is CCOC(=O)C1CCCN(C(=O)N2CCCOC(c3ccccc3OC)c3cc(Cl)ccc3N(CC(C)(C)C)C(=O)C2)C1. The summed E-state index contributed by atoms with van der Waals surface area (Å²) in [5.74, 6) is -0.182. The Morgan fingerprint density at radius 3 is 2.51 bits per heavy atom. The van der Waals surface area contributed by atoms with Crippen LogP contribution in [-0.2, 0) is 19.1 Å². The molecule has 1 saturated heterocycles. The molecule has 0 saturated carbocycles. The van der Waals surface area contributed by atoms with Crippen LogP contribution in [0.3, 0.4) is 0 Å². The van der Waals surface area contributed by atoms with Crippen LogP contribution < -0.4 is 9.64 Å². The lowest BCUT2D eigenvalue weighted by atomic mass is 9.93. The van der Waals surface area contributed by atoms with Gasteiger partial charge in [0, 0.05) is 54.6 Å². The Bertz CT molecular complexity index is 1300. The first kappa shape index (κ1) is 32.6. The maximum absolute atomic E-state index is 14.2. The number of fused-ring (bicyclic) bond motifs is 1. The van der Waals surface area contributed by atoms with Crippen molar-refractivity contribution in [2.75, 3.05) is 57.9 Å². The van der Waals surface area contributed by atoms with E-state index in [2.05, 4.69) is 20.8 Å². The van der Waals surface area contributed by atoms with Crippen molar-refractivity contribution in [1.29, 1.82) is 0 Å². The van der Waals surface area contributed by atoms with Crippen molar-refractivity contribution in [3.63, 3.8) is 0 Å². The highest BCUT2D eigenvalue weighted by Crippen LogP contribution is 2.40. The molecule has 2 aromatic rings. The van der Waals surface area contributed by atoms with E-state index in [9.17, 15) is 14.4 Å². The van der Waals surface area contributed by atoms with Crippen LogP contribution in [0.1, 0.15) is 64.2 Å². The molecule has 10 heteroatoms. The average Bonchev–Trinajstić information content (AvgIpc) is 3.00. The molecule has 1 fully saturated rings. The van der Waals surface area contributed by atoms with Crippen LogP contribution in [-0.4, -0.2) is 80.8 Å². The number of carbonyl (C=O) groups is 3. The molecule has 2 unspecified atom stereocenters. The Balaban J connectivity index is 1.72. The zero-order valence-electron chi connectivity index (χ0n) is 25.9. The predicted octanol–water partition coefficient (Wildman–Crippen LogP) is 5.93. The molecule has 0 bridgehead atoms. The quantitative estimate of drug-likeness (QED) is 0.388. The van der Waals surface area contributed by atoms with Gasteiger partial charge in [-0.15, -0.1) is 0 Å². The van der Waals surface area contributed by atoms with Gasteiger partial charge in [0.05, 0.1) is 19.6 Å². The van der Waals surface area contributed by atoms with Gasteiger partial charge in [0.25, 0.3) is 0 Å². The number of hydrogen-bond acceptors (Lipinski definition) is 6. The van der Waals surface area contributed by atoms with Crippen LogP contribution in [0.15, 0.2) is 42.5 Å². The number of methoxy groups -OCH3 is 1. The van der Waals surface area contributed by atoms with E-state index in [-0.39, 0.29) is 42.3 Å². The van der Waals surface area contributed by atoms with Gasteiger partial charge >= 0.3 is 12.0 Å². The second-order valence-corrected chi connectivity index (χ2v) is 12.8. The molecular weight excluding hydrogens is 570 g/mol. The van der Waals surface area contributed by atoms with E-state index in [1.807, 2.05) is 36.4 Å². The van der Waals surface area contributed by atoms with E-state index in [1.54, 1.807) is 34.8 Å². The van der Waals surface area contributed by atoms with E-state index < -0.39 is 6.10 Å². The monoisotopic (exact) mass is 613 g/mol. The minimum atomic E-state index is -0.560. The van der Waals surface area contributed by atoms with Crippen LogP contribution >= 0.6 is 11.6 Å². The Hall–Kier alpha value is -3.30. The van der Waals surface area contributed by atoms with Gasteiger partial charge in [-0.05, 0) is 55.9 Å². The maximum Gasteiger partial charge on any atom is 0.320 e. The van der Waals surface area contributed by atoms with Crippen molar-refractivity contribution in [3.8, 4) is 5.75 Å². The molecule has 2 aliphatic rings. The molecular formula is C33H44ClN3O6. The van der Waals surface area contributed by atoms with E-state index in [0.29, 0.717) is 68.6 Å². The topological polar surface area (TPSA) is 88.6 Å². The van der Waals surface area contributed by atoms with Gasteiger partial charge in [0.15, 0.2) is 0 Å². The third-order valence-corrected chi connectivity index (χ3v) is 7.92. The van der Waals surface area contributed by atoms with Crippen LogP contribution in [0.4, 0.5) is 10.5 Å². The number of nitrogens with zero attached hydrogens (tertiary/aromatic N) is 3. The van der Waals surface area contributed by atoms with Gasteiger partial charge < -0.3 is 28.9 Å². The normalized spacial score (nSPS) is 20.2. The van der Waals surface area contributed by atoms with E-state index >= 15 is 0 Å². The Kier molecular flexibility index (Phi) is 11.0. The molecule has 2 aromatic carbocycles. The van der Waals surface area contributed by atoms with Gasteiger partial charge in [-0.1, -0.05) is 50.6 Å². The highest BCUT2D eigenvalue weighted by atomic mass is 35.5. The largest absolute Gasteiger partial charge is 0.496 e. The number of amides is 3. The number of hydrogen-bond donors (Lipinski definition) is 0. The molecule has 9 nitrogen and oxygen atoms in total. The number of halogens is 1. The summed E-state index contributed by atoms with van der Waals surface area (Å²) >= 11 is 6.54. The summed E-state index contributed by atoms with van der Waals surface area (Å²) in [6.45, 7) is 10.1. The van der Waals surface area contributed by atoms with Crippen LogP contribution in [0, 0.1) is 11.3 Å². The van der Waals surface area contributed by atoms with E-state index in [1.165, 1.54) is 0 Å². The van der Waals surface area contributed by atoms with Gasteiger partial charge in [-0.2, -0.15) is 0 Å². The summed E-state index contributed by atoms with van der Waals surface area (Å²) in [4.78, 5) is 45.6. The molecule has 3 amide bonds. The summed E-state index contributed by atoms with van der Waals surface area (Å²) in [6, 6.07) is 12.9. The van der Waals surface area contributed by atoms with Gasteiger partial charge in [0.1, 0.15) is 18.4 Å². The Labute approximate surface area is 260 Å². The standard InChI is InChI=1S/C33H44ClN3O6/c1-6-42-31(39)23-11-9-16-35(20-23)32(40)36-17-10-18-43-30(25-12-7-8-13-28(25)41-5)26-19-24(34)14-15-27(26)37(29(38)21-36)22-33(2,3)4/h7-8,12-15,19,23,30H,6,9-11,16-18,20-22H2,1-5H3. The Morgan fingerprint density at radius 2 is 1.79 bits per heavy atom. The second kappa shape index (κ2) is 14.4. The smallest absolute Gasteiger partial charge is 0.320 e. The summed E-state index contributed by atoms with van der Waals surface area (Å²) in [7, 11) is 1.62. The van der Waals surface area contributed by atoms with Crippen LogP contribution in [0.5, 0.6) is 5.75 Å². The molecule has 43 heavy (non-hydrogen) atoms. The number of benzene rings is 2. The minimum Gasteiger partial charge on any atom is -0.496 e. The number of para-hydroxylation sites is 1. The average molecular weight is 614 g/mol. The van der Waals surface area contributed by atoms with Crippen molar-refractivity contribution in [1.82, 2.24) is 9.80 Å². The molecule has 2 aliphatic heterocycles. The van der Waals surface area contributed by atoms with Gasteiger partial charge in [0.2, 0.25) is 5.91 Å². The zero-order valence-corrected chi connectivity index (χ0v) is 26.7. The lowest BCUT2D eigenvalue weighted by Gasteiger charge is -2.37.